The maximum atomic E-state index is 12.6. The van der Waals surface area contributed by atoms with Gasteiger partial charge in [-0.25, -0.2) is 14.2 Å². The summed E-state index contributed by atoms with van der Waals surface area (Å²) in [5, 5.41) is 8.81. The van der Waals surface area contributed by atoms with Gasteiger partial charge in [0.2, 0.25) is 5.69 Å². The topological polar surface area (TPSA) is 71.2 Å². The van der Waals surface area contributed by atoms with Crippen molar-refractivity contribution in [1.82, 2.24) is 19.6 Å². The van der Waals surface area contributed by atoms with Crippen molar-refractivity contribution in [3.63, 3.8) is 0 Å². The van der Waals surface area contributed by atoms with E-state index in [-0.39, 0.29) is 12.3 Å². The molecule has 0 fully saturated rings. The van der Waals surface area contributed by atoms with E-state index in [1.54, 1.807) is 10.9 Å². The molecule has 4 rings (SSSR count). The summed E-state index contributed by atoms with van der Waals surface area (Å²) in [6.07, 6.45) is 1.66. The number of aryl methyl sites for hydroxylation is 2. The van der Waals surface area contributed by atoms with Crippen molar-refractivity contribution in [2.45, 2.75) is 20.5 Å². The van der Waals surface area contributed by atoms with Crippen LogP contribution in [0.5, 0.6) is 5.75 Å². The Balaban J connectivity index is 1.46. The van der Waals surface area contributed by atoms with Crippen molar-refractivity contribution in [1.29, 1.82) is 0 Å². The Morgan fingerprint density at radius 2 is 1.70 bits per heavy atom. The van der Waals surface area contributed by atoms with E-state index in [9.17, 15) is 4.79 Å². The smallest absolute Gasteiger partial charge is 0.363 e. The lowest BCUT2D eigenvalue weighted by Crippen LogP contribution is -2.08. The number of hydrogen-bond acceptors (Lipinski definition) is 5. The highest BCUT2D eigenvalue weighted by Crippen LogP contribution is 2.21. The van der Waals surface area contributed by atoms with Crippen LogP contribution in [0.4, 0.5) is 0 Å². The minimum atomic E-state index is -0.538. The zero-order valence-corrected chi connectivity index (χ0v) is 17.1. The van der Waals surface area contributed by atoms with Crippen LogP contribution in [0.15, 0.2) is 66.9 Å². The highest BCUT2D eigenvalue weighted by atomic mass is 16.5. The fourth-order valence-corrected chi connectivity index (χ4v) is 3.20. The first-order chi connectivity index (χ1) is 14.5. The summed E-state index contributed by atoms with van der Waals surface area (Å²) in [6.45, 7) is 4.11. The maximum absolute atomic E-state index is 12.6. The van der Waals surface area contributed by atoms with E-state index in [0.29, 0.717) is 5.75 Å². The zero-order valence-electron chi connectivity index (χ0n) is 17.1. The summed E-state index contributed by atoms with van der Waals surface area (Å²) < 4.78 is 14.2. The lowest BCUT2D eigenvalue weighted by Gasteiger charge is -2.07. The highest BCUT2D eigenvalue weighted by Gasteiger charge is 2.20. The van der Waals surface area contributed by atoms with Crippen LogP contribution >= 0.6 is 0 Å². The van der Waals surface area contributed by atoms with Gasteiger partial charge in [0.1, 0.15) is 6.61 Å². The second-order valence-corrected chi connectivity index (χ2v) is 6.91. The molecule has 0 N–H and O–H groups in total. The normalized spacial score (nSPS) is 10.8. The van der Waals surface area contributed by atoms with Gasteiger partial charge in [0, 0.05) is 5.69 Å². The molecule has 7 heteroatoms. The predicted molar refractivity (Wildman–Crippen MR) is 112 cm³/mol. The molecular formula is C23H22N4O3. The van der Waals surface area contributed by atoms with E-state index in [1.807, 2.05) is 79.2 Å². The van der Waals surface area contributed by atoms with Gasteiger partial charge in [0.05, 0.1) is 30.4 Å². The Hall–Kier alpha value is -3.87. The van der Waals surface area contributed by atoms with Gasteiger partial charge in [-0.1, -0.05) is 30.3 Å². The number of aromatic nitrogens is 4. The Labute approximate surface area is 174 Å². The van der Waals surface area contributed by atoms with Gasteiger partial charge in [-0.3, -0.25) is 0 Å². The van der Waals surface area contributed by atoms with Gasteiger partial charge >= 0.3 is 5.97 Å². The predicted octanol–water partition coefficient (Wildman–Crippen LogP) is 4.04. The van der Waals surface area contributed by atoms with Gasteiger partial charge in [-0.2, -0.15) is 10.2 Å². The molecule has 2 aromatic carbocycles. The van der Waals surface area contributed by atoms with Crippen LogP contribution in [0.1, 0.15) is 27.4 Å². The van der Waals surface area contributed by atoms with Crippen LogP contribution < -0.4 is 4.74 Å². The number of nitrogens with zero attached hydrogens (tertiary/aromatic N) is 4. The van der Waals surface area contributed by atoms with E-state index in [2.05, 4.69) is 10.2 Å². The van der Waals surface area contributed by atoms with Crippen LogP contribution in [0.25, 0.3) is 11.4 Å². The lowest BCUT2D eigenvalue weighted by molar-refractivity contribution is 0.0461. The first-order valence-electron chi connectivity index (χ1n) is 9.54. The van der Waals surface area contributed by atoms with Crippen molar-refractivity contribution >= 4 is 5.97 Å². The standard InChI is InChI=1S/C23H22N4O3/c1-16-13-17(2)27(24-16)20-11-9-18(10-12-20)15-30-23(28)22-21(29-3)14-26(25-22)19-7-5-4-6-8-19/h4-14H,15H2,1-3H3. The third-order valence-electron chi connectivity index (χ3n) is 4.68. The average Bonchev–Trinajstić information content (AvgIpc) is 3.36. The van der Waals surface area contributed by atoms with Crippen molar-refractivity contribution in [2.75, 3.05) is 7.11 Å². The second kappa shape index (κ2) is 8.24. The average molecular weight is 402 g/mol. The van der Waals surface area contributed by atoms with E-state index < -0.39 is 5.97 Å². The molecule has 0 spiro atoms. The quantitative estimate of drug-likeness (QED) is 0.455. The number of methoxy groups -OCH3 is 1. The molecule has 2 heterocycles. The Kier molecular flexibility index (Phi) is 5.34. The summed E-state index contributed by atoms with van der Waals surface area (Å²) in [4.78, 5) is 12.6. The molecule has 0 radical (unpaired) electrons. The molecule has 30 heavy (non-hydrogen) atoms. The minimum absolute atomic E-state index is 0.136. The third kappa shape index (κ3) is 3.96. The van der Waals surface area contributed by atoms with Crippen molar-refractivity contribution in [3.8, 4) is 17.1 Å². The number of ether oxygens (including phenoxy) is 2. The molecule has 0 aliphatic carbocycles. The number of benzene rings is 2. The number of rotatable bonds is 6. The SMILES string of the molecule is COc1cn(-c2ccccc2)nc1C(=O)OCc1ccc(-n2nc(C)cc2C)cc1. The molecule has 0 aliphatic rings. The molecule has 0 unspecified atom stereocenters. The van der Waals surface area contributed by atoms with Crippen molar-refractivity contribution < 1.29 is 14.3 Å². The fourth-order valence-electron chi connectivity index (χ4n) is 3.20. The summed E-state index contributed by atoms with van der Waals surface area (Å²) in [5.41, 5.74) is 4.83. The van der Waals surface area contributed by atoms with Gasteiger partial charge in [-0.05, 0) is 49.7 Å². The van der Waals surface area contributed by atoms with Crippen LogP contribution in [-0.4, -0.2) is 32.6 Å². The Morgan fingerprint density at radius 3 is 2.33 bits per heavy atom. The molecule has 0 atom stereocenters. The lowest BCUT2D eigenvalue weighted by atomic mass is 10.2. The summed E-state index contributed by atoms with van der Waals surface area (Å²) >= 11 is 0. The van der Waals surface area contributed by atoms with Crippen LogP contribution in [0.3, 0.4) is 0 Å². The van der Waals surface area contributed by atoms with Gasteiger partial charge in [-0.15, -0.1) is 0 Å². The molecular weight excluding hydrogens is 380 g/mol. The number of carbonyl (C=O) groups excluding carboxylic acids is 1. The number of carbonyl (C=O) groups is 1. The van der Waals surface area contributed by atoms with Crippen LogP contribution in [0, 0.1) is 13.8 Å². The second-order valence-electron chi connectivity index (χ2n) is 6.91. The summed E-state index contributed by atoms with van der Waals surface area (Å²) in [6, 6.07) is 19.3. The molecule has 0 saturated carbocycles. The zero-order chi connectivity index (χ0) is 21.1. The molecule has 0 bridgehead atoms. The van der Waals surface area contributed by atoms with E-state index in [1.165, 1.54) is 7.11 Å². The van der Waals surface area contributed by atoms with Crippen LogP contribution in [0.2, 0.25) is 0 Å². The molecule has 152 valence electrons. The fraction of sp³-hybridized carbons (Fsp3) is 0.174. The first-order valence-corrected chi connectivity index (χ1v) is 9.54. The minimum Gasteiger partial charge on any atom is -0.493 e. The molecule has 0 saturated heterocycles. The molecule has 0 amide bonds. The molecule has 2 aromatic heterocycles. The van der Waals surface area contributed by atoms with E-state index in [0.717, 1.165) is 28.3 Å². The summed E-state index contributed by atoms with van der Waals surface area (Å²) in [5.74, 6) is -0.173. The number of esters is 1. The Bertz CT molecular complexity index is 1160. The summed E-state index contributed by atoms with van der Waals surface area (Å²) in [7, 11) is 1.50. The highest BCUT2D eigenvalue weighted by molar-refractivity contribution is 5.90. The van der Waals surface area contributed by atoms with E-state index >= 15 is 0 Å². The Morgan fingerprint density at radius 1 is 0.967 bits per heavy atom. The third-order valence-corrected chi connectivity index (χ3v) is 4.68. The number of para-hydroxylation sites is 1. The number of hydrogen-bond donors (Lipinski definition) is 0. The van der Waals surface area contributed by atoms with Crippen molar-refractivity contribution in [2.24, 2.45) is 0 Å². The maximum Gasteiger partial charge on any atom is 0.363 e. The van der Waals surface area contributed by atoms with Crippen molar-refractivity contribution in [3.05, 3.63) is 89.5 Å². The monoisotopic (exact) mass is 402 g/mol. The van der Waals surface area contributed by atoms with Gasteiger partial charge in [0.15, 0.2) is 5.75 Å². The van der Waals surface area contributed by atoms with Gasteiger partial charge in [0.25, 0.3) is 0 Å². The van der Waals surface area contributed by atoms with Gasteiger partial charge < -0.3 is 9.47 Å². The largest absolute Gasteiger partial charge is 0.493 e. The first kappa shape index (κ1) is 19.4. The molecule has 0 aliphatic heterocycles. The molecule has 4 aromatic rings. The molecule has 7 nitrogen and oxygen atoms in total. The van der Waals surface area contributed by atoms with Crippen LogP contribution in [-0.2, 0) is 11.3 Å². The van der Waals surface area contributed by atoms with E-state index in [4.69, 9.17) is 9.47 Å².